The van der Waals surface area contributed by atoms with Crippen LogP contribution in [0.4, 0.5) is 0 Å². The Morgan fingerprint density at radius 2 is 1.72 bits per heavy atom. The first-order valence-electron chi connectivity index (χ1n) is 10.8. The minimum Gasteiger partial charge on any atom is -0.347 e. The summed E-state index contributed by atoms with van der Waals surface area (Å²) in [6.07, 6.45) is 6.93. The lowest BCUT2D eigenvalue weighted by Gasteiger charge is -2.37. The molecule has 2 aliphatic heterocycles. The van der Waals surface area contributed by atoms with Crippen molar-refractivity contribution in [3.63, 3.8) is 0 Å². The highest BCUT2D eigenvalue weighted by molar-refractivity contribution is 7.84. The number of carbonyl (C=O) groups is 1. The van der Waals surface area contributed by atoms with Crippen molar-refractivity contribution in [3.05, 3.63) is 66.6 Å². The first-order chi connectivity index (χ1) is 15.6. The summed E-state index contributed by atoms with van der Waals surface area (Å²) in [4.78, 5) is 14.5. The number of aromatic nitrogens is 3. The molecule has 5 rings (SSSR count). The van der Waals surface area contributed by atoms with E-state index in [0.29, 0.717) is 39.1 Å². The second-order valence-electron chi connectivity index (χ2n) is 8.05. The van der Waals surface area contributed by atoms with Crippen molar-refractivity contribution < 1.29 is 18.5 Å². The van der Waals surface area contributed by atoms with E-state index in [1.807, 2.05) is 64.1 Å². The zero-order valence-electron chi connectivity index (χ0n) is 17.8. The molecule has 0 N–H and O–H groups in total. The van der Waals surface area contributed by atoms with Crippen LogP contribution in [0.25, 0.3) is 11.5 Å². The van der Waals surface area contributed by atoms with Gasteiger partial charge in [-0.2, -0.15) is 5.10 Å². The number of rotatable bonds is 6. The van der Waals surface area contributed by atoms with Gasteiger partial charge in [-0.25, -0.2) is 4.68 Å². The maximum absolute atomic E-state index is 13.0. The van der Waals surface area contributed by atoms with Crippen molar-refractivity contribution in [2.75, 3.05) is 32.1 Å². The Bertz CT molecular complexity index is 1080. The average molecular weight is 455 g/mol. The summed E-state index contributed by atoms with van der Waals surface area (Å²) in [7, 11) is -1.35. The van der Waals surface area contributed by atoms with Crippen molar-refractivity contribution in [1.29, 1.82) is 0 Å². The highest BCUT2D eigenvalue weighted by atomic mass is 32.2. The molecule has 0 unspecified atom stereocenters. The lowest BCUT2D eigenvalue weighted by atomic mass is 10.0. The summed E-state index contributed by atoms with van der Waals surface area (Å²) in [6, 6.07) is 13.7. The molecule has 1 spiro atoms. The number of carbonyl (C=O) groups excluding carboxylic acids is 1. The molecule has 2 aliphatic rings. The number of hydrogen-bond donors (Lipinski definition) is 0. The van der Waals surface area contributed by atoms with E-state index in [1.54, 1.807) is 11.1 Å². The minimum absolute atomic E-state index is 0.00362. The largest absolute Gasteiger partial charge is 0.347 e. The van der Waals surface area contributed by atoms with E-state index in [2.05, 4.69) is 5.10 Å². The molecule has 1 amide bonds. The Hall–Kier alpha value is -2.75. The summed E-state index contributed by atoms with van der Waals surface area (Å²) in [6.45, 7) is 2.35. The quantitative estimate of drug-likeness (QED) is 0.571. The molecule has 8 nitrogen and oxygen atoms in total. The van der Waals surface area contributed by atoms with Gasteiger partial charge in [0.2, 0.25) is 5.91 Å². The van der Waals surface area contributed by atoms with E-state index < -0.39 is 16.6 Å². The Morgan fingerprint density at radius 1 is 1.03 bits per heavy atom. The molecule has 2 aromatic heterocycles. The van der Waals surface area contributed by atoms with Crippen LogP contribution in [0.2, 0.25) is 0 Å². The zero-order chi connectivity index (χ0) is 22.0. The third-order valence-corrected chi connectivity index (χ3v) is 7.16. The number of piperidine rings is 1. The van der Waals surface area contributed by atoms with Gasteiger partial charge in [-0.05, 0) is 24.3 Å². The molecular formula is C23H26N4O4S. The topological polar surface area (TPSA) is 78.6 Å². The van der Waals surface area contributed by atoms with Gasteiger partial charge < -0.3 is 18.9 Å². The summed E-state index contributed by atoms with van der Waals surface area (Å²) in [5, 5.41) is 4.54. The molecule has 32 heavy (non-hydrogen) atoms. The highest BCUT2D eigenvalue weighted by Crippen LogP contribution is 2.31. The standard InChI is InChI=1S/C23H26N4O4S/c28-21(25-12-8-23(9-13-25)30-14-15-31-23)18-32(29)17-19-16-24-27(20-6-2-1-3-7-20)22(19)26-10-4-5-11-26/h1-7,10-11,16H,8-9,12-15,17-18H2/t32-/m0/s1. The molecule has 0 radical (unpaired) electrons. The van der Waals surface area contributed by atoms with Gasteiger partial charge in [0.1, 0.15) is 11.6 Å². The minimum atomic E-state index is -1.35. The molecule has 0 saturated carbocycles. The van der Waals surface area contributed by atoms with Gasteiger partial charge in [-0.3, -0.25) is 9.00 Å². The lowest BCUT2D eigenvalue weighted by Crippen LogP contribution is -2.48. The van der Waals surface area contributed by atoms with Crippen LogP contribution in [0.15, 0.2) is 61.1 Å². The van der Waals surface area contributed by atoms with Gasteiger partial charge >= 0.3 is 0 Å². The van der Waals surface area contributed by atoms with E-state index >= 15 is 0 Å². The number of likely N-dealkylation sites (tertiary alicyclic amines) is 1. The molecule has 9 heteroatoms. The lowest BCUT2D eigenvalue weighted by molar-refractivity contribution is -0.186. The number of hydrogen-bond acceptors (Lipinski definition) is 5. The van der Waals surface area contributed by atoms with Crippen LogP contribution in [0.3, 0.4) is 0 Å². The Kier molecular flexibility index (Phi) is 5.95. The monoisotopic (exact) mass is 454 g/mol. The van der Waals surface area contributed by atoms with E-state index in [9.17, 15) is 9.00 Å². The van der Waals surface area contributed by atoms with E-state index in [-0.39, 0.29) is 17.4 Å². The first-order valence-corrected chi connectivity index (χ1v) is 12.3. The third-order valence-electron chi connectivity index (χ3n) is 5.96. The second kappa shape index (κ2) is 9.01. The molecule has 1 atom stereocenters. The fourth-order valence-corrected chi connectivity index (χ4v) is 5.43. The van der Waals surface area contributed by atoms with Gasteiger partial charge in [0.25, 0.3) is 0 Å². The number of para-hydroxylation sites is 1. The van der Waals surface area contributed by atoms with Crippen molar-refractivity contribution in [1.82, 2.24) is 19.2 Å². The third kappa shape index (κ3) is 4.28. The maximum atomic E-state index is 13.0. The van der Waals surface area contributed by atoms with Crippen LogP contribution < -0.4 is 0 Å². The Morgan fingerprint density at radius 3 is 2.41 bits per heavy atom. The molecule has 1 aromatic carbocycles. The number of nitrogens with zero attached hydrogens (tertiary/aromatic N) is 4. The van der Waals surface area contributed by atoms with Crippen LogP contribution >= 0.6 is 0 Å². The summed E-state index contributed by atoms with van der Waals surface area (Å²) < 4.78 is 28.2. The summed E-state index contributed by atoms with van der Waals surface area (Å²) >= 11 is 0. The molecule has 168 valence electrons. The van der Waals surface area contributed by atoms with Crippen LogP contribution in [-0.4, -0.2) is 67.2 Å². The molecule has 2 saturated heterocycles. The molecular weight excluding hydrogens is 428 g/mol. The summed E-state index contributed by atoms with van der Waals surface area (Å²) in [5.41, 5.74) is 1.75. The first kappa shape index (κ1) is 21.1. The number of benzene rings is 1. The zero-order valence-corrected chi connectivity index (χ0v) is 18.6. The molecule has 3 aromatic rings. The number of amides is 1. The van der Waals surface area contributed by atoms with Crippen molar-refractivity contribution in [3.8, 4) is 11.5 Å². The highest BCUT2D eigenvalue weighted by Gasteiger charge is 2.40. The predicted octanol–water partition coefficient (Wildman–Crippen LogP) is 2.28. The smallest absolute Gasteiger partial charge is 0.235 e. The molecule has 4 heterocycles. The molecule has 0 bridgehead atoms. The Labute approximate surface area is 189 Å². The number of ether oxygens (including phenoxy) is 2. The van der Waals surface area contributed by atoms with Crippen molar-refractivity contribution in [2.24, 2.45) is 0 Å². The second-order valence-corrected chi connectivity index (χ2v) is 9.50. The Balaban J connectivity index is 1.27. The molecule has 2 fully saturated rings. The van der Waals surface area contributed by atoms with Crippen LogP contribution in [-0.2, 0) is 30.8 Å². The van der Waals surface area contributed by atoms with Crippen LogP contribution in [0, 0.1) is 0 Å². The van der Waals surface area contributed by atoms with E-state index in [4.69, 9.17) is 9.47 Å². The maximum Gasteiger partial charge on any atom is 0.235 e. The SMILES string of the molecule is O=C(C[S@@](=O)Cc1cnn(-c2ccccc2)c1-n1cccc1)N1CCC2(CC1)OCCO2. The van der Waals surface area contributed by atoms with E-state index in [1.165, 1.54) is 0 Å². The summed E-state index contributed by atoms with van der Waals surface area (Å²) in [5.74, 6) is 0.478. The normalized spacial score (nSPS) is 18.8. The average Bonchev–Trinajstić information content (AvgIpc) is 3.56. The fourth-order valence-electron chi connectivity index (χ4n) is 4.32. The van der Waals surface area contributed by atoms with Crippen LogP contribution in [0.1, 0.15) is 18.4 Å². The van der Waals surface area contributed by atoms with Gasteiger partial charge in [-0.15, -0.1) is 0 Å². The van der Waals surface area contributed by atoms with Crippen LogP contribution in [0.5, 0.6) is 0 Å². The van der Waals surface area contributed by atoms with Gasteiger partial charge in [0.05, 0.1) is 30.9 Å². The van der Waals surface area contributed by atoms with Gasteiger partial charge in [0.15, 0.2) is 5.79 Å². The van der Waals surface area contributed by atoms with Gasteiger partial charge in [-0.1, -0.05) is 18.2 Å². The van der Waals surface area contributed by atoms with Crippen molar-refractivity contribution in [2.45, 2.75) is 24.4 Å². The predicted molar refractivity (Wildman–Crippen MR) is 120 cm³/mol. The fraction of sp³-hybridized carbons (Fsp3) is 0.391. The van der Waals surface area contributed by atoms with Crippen molar-refractivity contribution >= 4 is 16.7 Å². The van der Waals surface area contributed by atoms with E-state index in [0.717, 1.165) is 17.1 Å². The molecule has 0 aliphatic carbocycles. The van der Waals surface area contributed by atoms with Gasteiger partial charge in [0, 0.05) is 54.7 Å².